The van der Waals surface area contributed by atoms with E-state index in [4.69, 9.17) is 4.74 Å². The number of nitrogens with one attached hydrogen (secondary N) is 1. The van der Waals surface area contributed by atoms with Gasteiger partial charge >= 0.3 is 0 Å². The normalized spacial score (nSPS) is 20.3. The van der Waals surface area contributed by atoms with Crippen molar-refractivity contribution in [1.29, 1.82) is 0 Å². The molecule has 1 saturated carbocycles. The summed E-state index contributed by atoms with van der Waals surface area (Å²) in [5.74, 6) is -0.878. The number of halogens is 2. The molecular weight excluding hydrogens is 370 g/mol. The van der Waals surface area contributed by atoms with E-state index >= 15 is 0 Å². The van der Waals surface area contributed by atoms with Crippen LogP contribution in [0.15, 0.2) is 18.3 Å². The Bertz CT molecular complexity index is 799. The summed E-state index contributed by atoms with van der Waals surface area (Å²) in [4.78, 5) is 11.2. The van der Waals surface area contributed by atoms with Gasteiger partial charge < -0.3 is 20.1 Å². The van der Waals surface area contributed by atoms with Crippen molar-refractivity contribution in [1.82, 2.24) is 19.7 Å². The van der Waals surface area contributed by atoms with Crippen LogP contribution in [0.1, 0.15) is 31.4 Å². The van der Waals surface area contributed by atoms with Crippen LogP contribution in [-0.4, -0.2) is 63.1 Å². The topological polar surface area (TPSA) is 88.3 Å². The van der Waals surface area contributed by atoms with Gasteiger partial charge in [-0.15, -0.1) is 0 Å². The van der Waals surface area contributed by atoms with E-state index in [1.165, 1.54) is 4.68 Å². The largest absolute Gasteiger partial charge is 0.390 e. The molecule has 2 aromatic heterocycles. The number of ether oxygens (including phenoxy) is 1. The zero-order chi connectivity index (χ0) is 19.6. The number of nitrogens with zero attached hydrogens (tertiary/aromatic N) is 5. The SMILES string of the molecule is OCc1ccn(-c2nc(NC3CCC(F)(F)CC3)cc(N3CCOCC3)n2)n1. The second-order valence-electron chi connectivity index (χ2n) is 7.20. The molecule has 2 N–H and O–H groups in total. The third-order valence-electron chi connectivity index (χ3n) is 5.12. The Morgan fingerprint density at radius 2 is 1.96 bits per heavy atom. The van der Waals surface area contributed by atoms with Crippen LogP contribution < -0.4 is 10.2 Å². The zero-order valence-electron chi connectivity index (χ0n) is 15.5. The molecule has 0 bridgehead atoms. The number of anilines is 2. The molecule has 0 radical (unpaired) electrons. The van der Waals surface area contributed by atoms with Crippen LogP contribution in [0.3, 0.4) is 0 Å². The minimum Gasteiger partial charge on any atom is -0.390 e. The van der Waals surface area contributed by atoms with E-state index in [1.54, 1.807) is 12.3 Å². The van der Waals surface area contributed by atoms with Crippen LogP contribution in [-0.2, 0) is 11.3 Å². The Hall–Kier alpha value is -2.33. The van der Waals surface area contributed by atoms with Crippen molar-refractivity contribution >= 4 is 11.6 Å². The molecule has 1 aliphatic heterocycles. The first-order valence-electron chi connectivity index (χ1n) is 9.54. The van der Waals surface area contributed by atoms with E-state index in [-0.39, 0.29) is 25.5 Å². The molecule has 2 fully saturated rings. The van der Waals surface area contributed by atoms with E-state index in [9.17, 15) is 13.9 Å². The van der Waals surface area contributed by atoms with Crippen molar-refractivity contribution in [2.24, 2.45) is 0 Å². The van der Waals surface area contributed by atoms with Crippen molar-refractivity contribution in [3.8, 4) is 5.95 Å². The highest BCUT2D eigenvalue weighted by Crippen LogP contribution is 2.34. The molecule has 2 aliphatic rings. The van der Waals surface area contributed by atoms with Crippen molar-refractivity contribution in [3.63, 3.8) is 0 Å². The Kier molecular flexibility index (Phi) is 5.40. The summed E-state index contributed by atoms with van der Waals surface area (Å²) in [5, 5.41) is 16.8. The third-order valence-corrected chi connectivity index (χ3v) is 5.12. The average Bonchev–Trinajstić information content (AvgIpc) is 3.19. The zero-order valence-corrected chi connectivity index (χ0v) is 15.5. The highest BCUT2D eigenvalue weighted by atomic mass is 19.3. The Morgan fingerprint density at radius 3 is 2.64 bits per heavy atom. The fraction of sp³-hybridized carbons (Fsp3) is 0.611. The fourth-order valence-corrected chi connectivity index (χ4v) is 3.50. The van der Waals surface area contributed by atoms with Gasteiger partial charge in [-0.3, -0.25) is 0 Å². The summed E-state index contributed by atoms with van der Waals surface area (Å²) in [6.45, 7) is 2.50. The monoisotopic (exact) mass is 394 g/mol. The number of hydrogen-bond acceptors (Lipinski definition) is 7. The highest BCUT2D eigenvalue weighted by Gasteiger charge is 2.35. The molecule has 0 aromatic carbocycles. The molecule has 4 rings (SSSR count). The van der Waals surface area contributed by atoms with Gasteiger partial charge in [0.1, 0.15) is 11.6 Å². The van der Waals surface area contributed by atoms with Crippen LogP contribution in [0.2, 0.25) is 0 Å². The number of aromatic nitrogens is 4. The van der Waals surface area contributed by atoms with E-state index in [2.05, 4.69) is 25.3 Å². The summed E-state index contributed by atoms with van der Waals surface area (Å²) >= 11 is 0. The molecule has 0 amide bonds. The van der Waals surface area contributed by atoms with E-state index in [0.29, 0.717) is 56.6 Å². The van der Waals surface area contributed by atoms with Crippen molar-refractivity contribution in [2.45, 2.75) is 44.3 Å². The lowest BCUT2D eigenvalue weighted by Crippen LogP contribution is -2.37. The lowest BCUT2D eigenvalue weighted by molar-refractivity contribution is -0.0361. The maximum atomic E-state index is 13.4. The second kappa shape index (κ2) is 7.96. The van der Waals surface area contributed by atoms with Crippen LogP contribution in [0.5, 0.6) is 0 Å². The van der Waals surface area contributed by atoms with E-state index in [0.717, 1.165) is 5.82 Å². The first-order chi connectivity index (χ1) is 13.5. The first kappa shape index (κ1) is 19.0. The molecule has 28 heavy (non-hydrogen) atoms. The molecule has 8 nitrogen and oxygen atoms in total. The van der Waals surface area contributed by atoms with Gasteiger partial charge in [-0.1, -0.05) is 0 Å². The molecule has 0 unspecified atom stereocenters. The number of aliphatic hydroxyl groups is 1. The van der Waals surface area contributed by atoms with Gasteiger partial charge in [-0.2, -0.15) is 15.1 Å². The van der Waals surface area contributed by atoms with Crippen LogP contribution >= 0.6 is 0 Å². The number of alkyl halides is 2. The first-order valence-corrected chi connectivity index (χ1v) is 9.54. The Balaban J connectivity index is 1.59. The van der Waals surface area contributed by atoms with Crippen molar-refractivity contribution < 1.29 is 18.6 Å². The van der Waals surface area contributed by atoms with E-state index in [1.807, 2.05) is 6.07 Å². The van der Waals surface area contributed by atoms with Crippen LogP contribution in [0.25, 0.3) is 5.95 Å². The summed E-state index contributed by atoms with van der Waals surface area (Å²) < 4.78 is 33.8. The highest BCUT2D eigenvalue weighted by molar-refractivity contribution is 5.52. The van der Waals surface area contributed by atoms with Gasteiger partial charge in [0.05, 0.1) is 25.5 Å². The standard InChI is InChI=1S/C18H24F2N6O2/c19-18(20)4-1-13(2-5-18)21-15-11-16(25-7-9-28-10-8-25)23-17(22-15)26-6-3-14(12-27)24-26/h3,6,11,13,27H,1-2,4-5,7-10,12H2,(H,21,22,23). The molecule has 2 aromatic rings. The number of morpholine rings is 1. The molecule has 10 heteroatoms. The second-order valence-corrected chi connectivity index (χ2v) is 7.20. The van der Waals surface area contributed by atoms with Gasteiger partial charge in [-0.25, -0.2) is 13.5 Å². The molecule has 1 aliphatic carbocycles. The predicted molar refractivity (Wildman–Crippen MR) is 98.9 cm³/mol. The summed E-state index contributed by atoms with van der Waals surface area (Å²) in [6.07, 6.45) is 2.26. The molecular formula is C18H24F2N6O2. The van der Waals surface area contributed by atoms with Crippen molar-refractivity contribution in [3.05, 3.63) is 24.0 Å². The van der Waals surface area contributed by atoms with Crippen molar-refractivity contribution in [2.75, 3.05) is 36.5 Å². The molecule has 0 spiro atoms. The maximum absolute atomic E-state index is 13.4. The quantitative estimate of drug-likeness (QED) is 0.802. The number of rotatable bonds is 5. The van der Waals surface area contributed by atoms with Gasteiger partial charge in [-0.05, 0) is 18.9 Å². The molecule has 0 atom stereocenters. The molecule has 1 saturated heterocycles. The van der Waals surface area contributed by atoms with Crippen LogP contribution in [0, 0.1) is 0 Å². The van der Waals surface area contributed by atoms with E-state index < -0.39 is 5.92 Å². The van der Waals surface area contributed by atoms with Gasteiger partial charge in [0, 0.05) is 44.2 Å². The smallest absolute Gasteiger partial charge is 0.254 e. The summed E-state index contributed by atoms with van der Waals surface area (Å²) in [6, 6.07) is 3.49. The van der Waals surface area contributed by atoms with Crippen LogP contribution in [0.4, 0.5) is 20.4 Å². The lowest BCUT2D eigenvalue weighted by Gasteiger charge is -2.30. The fourth-order valence-electron chi connectivity index (χ4n) is 3.50. The molecule has 3 heterocycles. The van der Waals surface area contributed by atoms with Gasteiger partial charge in [0.15, 0.2) is 0 Å². The van der Waals surface area contributed by atoms with Gasteiger partial charge in [0.2, 0.25) is 5.92 Å². The number of hydrogen-bond donors (Lipinski definition) is 2. The maximum Gasteiger partial charge on any atom is 0.254 e. The number of aliphatic hydroxyl groups excluding tert-OH is 1. The lowest BCUT2D eigenvalue weighted by atomic mass is 9.92. The Morgan fingerprint density at radius 1 is 1.21 bits per heavy atom. The third kappa shape index (κ3) is 4.39. The molecule has 152 valence electrons. The average molecular weight is 394 g/mol. The Labute approximate surface area is 161 Å². The minimum atomic E-state index is -2.57. The summed E-state index contributed by atoms with van der Waals surface area (Å²) in [5.41, 5.74) is 0.518. The van der Waals surface area contributed by atoms with Gasteiger partial charge in [0.25, 0.3) is 5.95 Å². The minimum absolute atomic E-state index is 0.0504. The predicted octanol–water partition coefficient (Wildman–Crippen LogP) is 1.98. The summed E-state index contributed by atoms with van der Waals surface area (Å²) in [7, 11) is 0.